The van der Waals surface area contributed by atoms with Gasteiger partial charge in [-0.25, -0.2) is 4.98 Å². The molecule has 2 aromatic carbocycles. The Labute approximate surface area is 217 Å². The molecule has 3 aromatic rings. The topological polar surface area (TPSA) is 67.7 Å². The summed E-state index contributed by atoms with van der Waals surface area (Å²) >= 11 is 6.15. The van der Waals surface area contributed by atoms with Crippen LogP contribution in [-0.2, 0) is 22.7 Å². The maximum Gasteiger partial charge on any atom is 0.224 e. The van der Waals surface area contributed by atoms with Crippen molar-refractivity contribution in [2.24, 2.45) is 5.41 Å². The molecule has 2 heterocycles. The van der Waals surface area contributed by atoms with E-state index < -0.39 is 5.41 Å². The van der Waals surface area contributed by atoms with Gasteiger partial charge in [0.25, 0.3) is 0 Å². The Morgan fingerprint density at radius 3 is 2.75 bits per heavy atom. The van der Waals surface area contributed by atoms with Crippen LogP contribution in [0.1, 0.15) is 31.2 Å². The summed E-state index contributed by atoms with van der Waals surface area (Å²) in [5.74, 6) is 0.789. The molecular formula is C28H33ClN4O3. The van der Waals surface area contributed by atoms with Crippen molar-refractivity contribution in [2.45, 2.75) is 38.8 Å². The zero-order chi connectivity index (χ0) is 25.4. The van der Waals surface area contributed by atoms with Gasteiger partial charge in [-0.3, -0.25) is 9.59 Å². The largest absolute Gasteiger partial charge is 0.493 e. The first-order valence-corrected chi connectivity index (χ1v) is 12.7. The van der Waals surface area contributed by atoms with Crippen molar-refractivity contribution in [1.29, 1.82) is 0 Å². The minimum Gasteiger partial charge on any atom is -0.493 e. The van der Waals surface area contributed by atoms with Crippen molar-refractivity contribution < 1.29 is 14.3 Å². The number of nitrogens with zero attached hydrogens (tertiary/aromatic N) is 4. The molecule has 1 atom stereocenters. The second-order valence-corrected chi connectivity index (χ2v) is 10.1. The summed E-state index contributed by atoms with van der Waals surface area (Å²) in [7, 11) is 1.83. The zero-order valence-electron chi connectivity index (χ0n) is 20.7. The van der Waals surface area contributed by atoms with Crippen molar-refractivity contribution in [3.8, 4) is 5.75 Å². The normalized spacial score (nSPS) is 17.6. The van der Waals surface area contributed by atoms with E-state index in [0.29, 0.717) is 56.4 Å². The lowest BCUT2D eigenvalue weighted by Gasteiger charge is -2.43. The number of aryl methyl sites for hydroxylation is 1. The Morgan fingerprint density at radius 2 is 2.00 bits per heavy atom. The van der Waals surface area contributed by atoms with Gasteiger partial charge in [0.15, 0.2) is 0 Å². The average Bonchev–Trinajstić information content (AvgIpc) is 3.41. The zero-order valence-corrected chi connectivity index (χ0v) is 21.4. The van der Waals surface area contributed by atoms with Gasteiger partial charge in [-0.2, -0.15) is 0 Å². The second-order valence-electron chi connectivity index (χ2n) is 9.63. The summed E-state index contributed by atoms with van der Waals surface area (Å²) in [4.78, 5) is 34.2. The SMILES string of the molecule is CN(Cc1ccccc1)C(=O)CC1(COc2cccc(Cl)c2)CCCN(C(=O)CCn2ccnc2)C1. The van der Waals surface area contributed by atoms with Gasteiger partial charge in [0.05, 0.1) is 12.9 Å². The lowest BCUT2D eigenvalue weighted by Crippen LogP contribution is -2.50. The second kappa shape index (κ2) is 12.1. The number of amides is 2. The van der Waals surface area contributed by atoms with Crippen LogP contribution in [0.4, 0.5) is 0 Å². The highest BCUT2D eigenvalue weighted by Gasteiger charge is 2.40. The smallest absolute Gasteiger partial charge is 0.224 e. The van der Waals surface area contributed by atoms with Crippen LogP contribution >= 0.6 is 11.6 Å². The molecule has 190 valence electrons. The first-order valence-electron chi connectivity index (χ1n) is 12.3. The molecule has 8 heteroatoms. The molecule has 0 aliphatic carbocycles. The first kappa shape index (κ1) is 25.8. The number of ether oxygens (including phenoxy) is 1. The Hall–Kier alpha value is -3.32. The van der Waals surface area contributed by atoms with Gasteiger partial charge >= 0.3 is 0 Å². The molecular weight excluding hydrogens is 476 g/mol. The number of carbonyl (C=O) groups excluding carboxylic acids is 2. The average molecular weight is 509 g/mol. The van der Waals surface area contributed by atoms with E-state index in [-0.39, 0.29) is 11.8 Å². The quantitative estimate of drug-likeness (QED) is 0.399. The summed E-state index contributed by atoms with van der Waals surface area (Å²) < 4.78 is 8.07. The van der Waals surface area contributed by atoms with Crippen molar-refractivity contribution in [3.05, 3.63) is 83.9 Å². The van der Waals surface area contributed by atoms with Crippen molar-refractivity contribution in [1.82, 2.24) is 19.4 Å². The Morgan fingerprint density at radius 1 is 1.17 bits per heavy atom. The molecule has 1 aliphatic heterocycles. The van der Waals surface area contributed by atoms with Crippen molar-refractivity contribution in [2.75, 3.05) is 26.7 Å². The third kappa shape index (κ3) is 7.10. The third-order valence-corrected chi connectivity index (χ3v) is 6.95. The van der Waals surface area contributed by atoms with Crippen LogP contribution in [0.25, 0.3) is 0 Å². The number of carbonyl (C=O) groups is 2. The Kier molecular flexibility index (Phi) is 8.65. The molecule has 0 spiro atoms. The van der Waals surface area contributed by atoms with E-state index in [9.17, 15) is 9.59 Å². The number of aromatic nitrogens is 2. The van der Waals surface area contributed by atoms with Crippen LogP contribution in [0, 0.1) is 5.41 Å². The van der Waals surface area contributed by atoms with Gasteiger partial charge in [-0.15, -0.1) is 0 Å². The highest BCUT2D eigenvalue weighted by atomic mass is 35.5. The highest BCUT2D eigenvalue weighted by molar-refractivity contribution is 6.30. The van der Waals surface area contributed by atoms with Crippen LogP contribution in [0.3, 0.4) is 0 Å². The number of imidazole rings is 1. The number of hydrogen-bond acceptors (Lipinski definition) is 4. The molecule has 4 rings (SSSR count). The summed E-state index contributed by atoms with van der Waals surface area (Å²) in [6, 6.07) is 17.2. The van der Waals surface area contributed by atoms with Gasteiger partial charge in [0, 0.05) is 68.9 Å². The van der Waals surface area contributed by atoms with E-state index in [1.165, 1.54) is 0 Å². The molecule has 0 radical (unpaired) electrons. The molecule has 0 bridgehead atoms. The Bertz CT molecular complexity index is 1140. The van der Waals surface area contributed by atoms with Gasteiger partial charge in [-0.05, 0) is 36.6 Å². The molecule has 1 saturated heterocycles. The number of halogens is 1. The highest BCUT2D eigenvalue weighted by Crippen LogP contribution is 2.36. The predicted octanol–water partition coefficient (Wildman–Crippen LogP) is 4.66. The number of piperidine rings is 1. The molecule has 1 fully saturated rings. The monoisotopic (exact) mass is 508 g/mol. The molecule has 1 aliphatic rings. The van der Waals surface area contributed by atoms with Crippen LogP contribution in [0.15, 0.2) is 73.3 Å². The fourth-order valence-electron chi connectivity index (χ4n) is 4.73. The molecule has 1 aromatic heterocycles. The van der Waals surface area contributed by atoms with Gasteiger partial charge in [0.1, 0.15) is 5.75 Å². The third-order valence-electron chi connectivity index (χ3n) is 6.71. The van der Waals surface area contributed by atoms with Crippen LogP contribution in [-0.4, -0.2) is 57.9 Å². The number of benzene rings is 2. The van der Waals surface area contributed by atoms with Gasteiger partial charge in [0.2, 0.25) is 11.8 Å². The van der Waals surface area contributed by atoms with Crippen molar-refractivity contribution >= 4 is 23.4 Å². The van der Waals surface area contributed by atoms with Crippen molar-refractivity contribution in [3.63, 3.8) is 0 Å². The summed E-state index contributed by atoms with van der Waals surface area (Å²) in [5.41, 5.74) is 0.602. The number of hydrogen-bond donors (Lipinski definition) is 0. The van der Waals surface area contributed by atoms with Crippen LogP contribution in [0.2, 0.25) is 5.02 Å². The number of likely N-dealkylation sites (tertiary alicyclic amines) is 1. The van der Waals surface area contributed by atoms with E-state index in [1.807, 2.05) is 65.2 Å². The number of rotatable bonds is 10. The first-order chi connectivity index (χ1) is 17.4. The van der Waals surface area contributed by atoms with Crippen LogP contribution in [0.5, 0.6) is 5.75 Å². The molecule has 0 N–H and O–H groups in total. The van der Waals surface area contributed by atoms with E-state index in [1.54, 1.807) is 29.6 Å². The van der Waals surface area contributed by atoms with E-state index in [2.05, 4.69) is 4.98 Å². The maximum absolute atomic E-state index is 13.4. The van der Waals surface area contributed by atoms with E-state index in [4.69, 9.17) is 16.3 Å². The van der Waals surface area contributed by atoms with Gasteiger partial charge in [-0.1, -0.05) is 48.0 Å². The lowest BCUT2D eigenvalue weighted by atomic mass is 9.77. The van der Waals surface area contributed by atoms with Crippen LogP contribution < -0.4 is 4.74 Å². The molecule has 36 heavy (non-hydrogen) atoms. The van der Waals surface area contributed by atoms with E-state index in [0.717, 1.165) is 18.4 Å². The summed E-state index contributed by atoms with van der Waals surface area (Å²) in [6.45, 7) is 2.64. The molecule has 7 nitrogen and oxygen atoms in total. The fourth-order valence-corrected chi connectivity index (χ4v) is 4.91. The fraction of sp³-hybridized carbons (Fsp3) is 0.393. The lowest BCUT2D eigenvalue weighted by molar-refractivity contribution is -0.141. The standard InChI is InChI=1S/C28H33ClN4O3/c1-31(19-23-7-3-2-4-8-23)27(35)18-28(21-36-25-10-5-9-24(29)17-25)12-6-14-33(20-28)26(34)11-15-32-16-13-30-22-32/h2-5,7-10,13,16-17,22H,6,11-12,14-15,18-21H2,1H3. The Balaban J connectivity index is 1.46. The maximum atomic E-state index is 13.4. The summed E-state index contributed by atoms with van der Waals surface area (Å²) in [6.07, 6.45) is 7.61. The summed E-state index contributed by atoms with van der Waals surface area (Å²) in [5, 5.41) is 0.597. The van der Waals surface area contributed by atoms with Gasteiger partial charge < -0.3 is 19.1 Å². The van der Waals surface area contributed by atoms with E-state index >= 15 is 0 Å². The predicted molar refractivity (Wildman–Crippen MR) is 140 cm³/mol. The minimum absolute atomic E-state index is 0.0428. The molecule has 2 amide bonds. The molecule has 1 unspecified atom stereocenters. The molecule has 0 saturated carbocycles. The minimum atomic E-state index is -0.479.